The molecule has 2 N–H and O–H groups in total. The Morgan fingerprint density at radius 3 is 3.11 bits per heavy atom. The third-order valence-electron chi connectivity index (χ3n) is 2.57. The zero-order valence-electron chi connectivity index (χ0n) is 10.3. The van der Waals surface area contributed by atoms with Crippen molar-refractivity contribution in [1.82, 2.24) is 20.2 Å². The van der Waals surface area contributed by atoms with Gasteiger partial charge in [0.05, 0.1) is 18.4 Å². The molecule has 1 unspecified atom stereocenters. The number of hydrogen-bond donors (Lipinski definition) is 1. The van der Waals surface area contributed by atoms with Crippen LogP contribution in [0.25, 0.3) is 0 Å². The van der Waals surface area contributed by atoms with Crippen LogP contribution in [0.2, 0.25) is 0 Å². The molecule has 2 rings (SSSR count). The van der Waals surface area contributed by atoms with Crippen molar-refractivity contribution in [1.29, 1.82) is 0 Å². The van der Waals surface area contributed by atoms with Crippen molar-refractivity contribution in [2.24, 2.45) is 5.73 Å². The number of carbonyl (C=O) groups excluding carboxylic acids is 1. The number of hydrogen-bond acceptors (Lipinski definition) is 7. The Balaban J connectivity index is 1.74. The lowest BCUT2D eigenvalue weighted by atomic mass is 10.4. The highest BCUT2D eigenvalue weighted by Crippen LogP contribution is 2.34. The molecule has 100 valence electrons. The Hall–Kier alpha value is -1.15. The molecule has 0 amide bonds. The summed E-state index contributed by atoms with van der Waals surface area (Å²) in [5, 5.41) is 11.6. The number of thioether (sulfide) groups is 1. The summed E-state index contributed by atoms with van der Waals surface area (Å²) in [6.07, 6.45) is 2.29. The average Bonchev–Trinajstić information content (AvgIpc) is 3.10. The van der Waals surface area contributed by atoms with Crippen LogP contribution in [0.3, 0.4) is 0 Å². The molecule has 1 heterocycles. The minimum Gasteiger partial charge on any atom is -0.465 e. The minimum atomic E-state index is -0.583. The minimum absolute atomic E-state index is 0.355. The molecule has 0 aromatic carbocycles. The summed E-state index contributed by atoms with van der Waals surface area (Å²) in [6.45, 7) is 2.12. The summed E-state index contributed by atoms with van der Waals surface area (Å²) in [7, 11) is 0. The first-order valence-corrected chi connectivity index (χ1v) is 7.14. The van der Waals surface area contributed by atoms with Gasteiger partial charge in [0.1, 0.15) is 6.04 Å². The molecule has 1 aliphatic rings. The molecule has 1 aromatic heterocycles. The molecule has 7 nitrogen and oxygen atoms in total. The molecule has 1 saturated carbocycles. The number of ether oxygens (including phenoxy) is 1. The van der Waals surface area contributed by atoms with Crippen LogP contribution in [0.15, 0.2) is 0 Å². The molecular weight excluding hydrogens is 254 g/mol. The number of esters is 1. The summed E-state index contributed by atoms with van der Waals surface area (Å²) in [4.78, 5) is 11.3. The van der Waals surface area contributed by atoms with E-state index in [0.29, 0.717) is 24.2 Å². The van der Waals surface area contributed by atoms with Gasteiger partial charge in [-0.2, -0.15) is 11.8 Å². The molecule has 18 heavy (non-hydrogen) atoms. The Bertz CT molecular complexity index is 407. The van der Waals surface area contributed by atoms with Gasteiger partial charge in [0, 0.05) is 5.75 Å². The average molecular weight is 271 g/mol. The Morgan fingerprint density at radius 2 is 2.44 bits per heavy atom. The third-order valence-corrected chi connectivity index (χ3v) is 3.63. The maximum Gasteiger partial charge on any atom is 0.323 e. The van der Waals surface area contributed by atoms with Crippen LogP contribution >= 0.6 is 11.8 Å². The molecule has 0 saturated heterocycles. The topological polar surface area (TPSA) is 95.9 Å². The number of nitrogens with zero attached hydrogens (tertiary/aromatic N) is 4. The zero-order valence-corrected chi connectivity index (χ0v) is 11.1. The van der Waals surface area contributed by atoms with Crippen LogP contribution in [-0.2, 0) is 15.3 Å². The van der Waals surface area contributed by atoms with E-state index in [0.717, 1.165) is 18.7 Å². The molecule has 1 fully saturated rings. The Kier molecular flexibility index (Phi) is 4.54. The van der Waals surface area contributed by atoms with Crippen LogP contribution in [0, 0.1) is 0 Å². The van der Waals surface area contributed by atoms with E-state index in [1.807, 2.05) is 4.68 Å². The van der Waals surface area contributed by atoms with Crippen LogP contribution in [0.5, 0.6) is 0 Å². The van der Waals surface area contributed by atoms with Crippen molar-refractivity contribution in [3.8, 4) is 0 Å². The first-order valence-electron chi connectivity index (χ1n) is 5.99. The fraction of sp³-hybridized carbons (Fsp3) is 0.800. The summed E-state index contributed by atoms with van der Waals surface area (Å²) >= 11 is 1.54. The van der Waals surface area contributed by atoms with Gasteiger partial charge in [0.25, 0.3) is 0 Å². The third kappa shape index (κ3) is 3.42. The van der Waals surface area contributed by atoms with E-state index in [2.05, 4.69) is 15.5 Å². The summed E-state index contributed by atoms with van der Waals surface area (Å²) < 4.78 is 6.70. The normalized spacial score (nSPS) is 16.6. The van der Waals surface area contributed by atoms with Gasteiger partial charge in [-0.3, -0.25) is 4.79 Å². The number of rotatable bonds is 7. The van der Waals surface area contributed by atoms with Gasteiger partial charge < -0.3 is 10.5 Å². The summed E-state index contributed by atoms with van der Waals surface area (Å²) in [6, 6.07) is -0.116. The summed E-state index contributed by atoms with van der Waals surface area (Å²) in [5.41, 5.74) is 5.70. The Morgan fingerprint density at radius 1 is 1.67 bits per heavy atom. The van der Waals surface area contributed by atoms with Crippen molar-refractivity contribution < 1.29 is 9.53 Å². The fourth-order valence-corrected chi connectivity index (χ4v) is 2.39. The quantitative estimate of drug-likeness (QED) is 0.704. The van der Waals surface area contributed by atoms with Gasteiger partial charge in [-0.1, -0.05) is 0 Å². The van der Waals surface area contributed by atoms with E-state index in [-0.39, 0.29) is 5.97 Å². The van der Waals surface area contributed by atoms with Crippen molar-refractivity contribution in [2.75, 3.05) is 12.4 Å². The van der Waals surface area contributed by atoms with E-state index < -0.39 is 6.04 Å². The fourth-order valence-electron chi connectivity index (χ4n) is 1.50. The molecule has 8 heteroatoms. The predicted octanol–water partition coefficient (Wildman–Crippen LogP) is 0.132. The smallest absolute Gasteiger partial charge is 0.323 e. The highest BCUT2D eigenvalue weighted by molar-refractivity contribution is 7.98. The van der Waals surface area contributed by atoms with Crippen molar-refractivity contribution >= 4 is 17.7 Å². The van der Waals surface area contributed by atoms with Gasteiger partial charge in [-0.05, 0) is 30.2 Å². The largest absolute Gasteiger partial charge is 0.465 e. The SMILES string of the molecule is CCOC(=O)C(N)CSCc1nnnn1C1CC1. The maximum absolute atomic E-state index is 11.3. The monoisotopic (exact) mass is 271 g/mol. The van der Waals surface area contributed by atoms with Crippen LogP contribution in [-0.4, -0.2) is 44.6 Å². The van der Waals surface area contributed by atoms with E-state index >= 15 is 0 Å². The molecular formula is C10H17N5O2S. The first kappa shape index (κ1) is 13.3. The highest BCUT2D eigenvalue weighted by Gasteiger charge is 2.27. The lowest BCUT2D eigenvalue weighted by Gasteiger charge is -2.09. The van der Waals surface area contributed by atoms with Gasteiger partial charge >= 0.3 is 5.97 Å². The number of carbonyl (C=O) groups is 1. The number of nitrogens with two attached hydrogens (primary N) is 1. The molecule has 1 atom stereocenters. The summed E-state index contributed by atoms with van der Waals surface area (Å²) in [5.74, 6) is 1.66. The van der Waals surface area contributed by atoms with Gasteiger partial charge in [-0.15, -0.1) is 5.10 Å². The van der Waals surface area contributed by atoms with E-state index in [1.54, 1.807) is 18.7 Å². The second kappa shape index (κ2) is 6.14. The van der Waals surface area contributed by atoms with Crippen LogP contribution in [0.1, 0.15) is 31.6 Å². The van der Waals surface area contributed by atoms with Crippen LogP contribution < -0.4 is 5.73 Å². The lowest BCUT2D eigenvalue weighted by Crippen LogP contribution is -2.34. The second-order valence-electron chi connectivity index (χ2n) is 4.14. The lowest BCUT2D eigenvalue weighted by molar-refractivity contribution is -0.144. The van der Waals surface area contributed by atoms with Gasteiger partial charge in [0.2, 0.25) is 0 Å². The number of aromatic nitrogens is 4. The van der Waals surface area contributed by atoms with Crippen LogP contribution in [0.4, 0.5) is 0 Å². The van der Waals surface area contributed by atoms with E-state index in [1.165, 1.54) is 0 Å². The van der Waals surface area contributed by atoms with Crippen molar-refractivity contribution in [3.05, 3.63) is 5.82 Å². The Labute approximate surface area is 109 Å². The molecule has 0 aliphatic heterocycles. The van der Waals surface area contributed by atoms with Gasteiger partial charge in [-0.25, -0.2) is 4.68 Å². The molecule has 0 radical (unpaired) electrons. The molecule has 1 aliphatic carbocycles. The molecule has 0 bridgehead atoms. The maximum atomic E-state index is 11.3. The van der Waals surface area contributed by atoms with Gasteiger partial charge in [0.15, 0.2) is 5.82 Å². The molecule has 1 aromatic rings. The highest BCUT2D eigenvalue weighted by atomic mass is 32.2. The molecule has 0 spiro atoms. The zero-order chi connectivity index (χ0) is 13.0. The van der Waals surface area contributed by atoms with Crippen molar-refractivity contribution in [2.45, 2.75) is 37.6 Å². The van der Waals surface area contributed by atoms with E-state index in [9.17, 15) is 4.79 Å². The second-order valence-corrected chi connectivity index (χ2v) is 5.17. The standard InChI is InChI=1S/C10H17N5O2S/c1-2-17-10(16)8(11)5-18-6-9-12-13-14-15(9)7-3-4-7/h7-8H,2-6,11H2,1H3. The van der Waals surface area contributed by atoms with E-state index in [4.69, 9.17) is 10.5 Å². The predicted molar refractivity (Wildman–Crippen MR) is 66.9 cm³/mol. The first-order chi connectivity index (χ1) is 8.72. The number of tetrazole rings is 1. The van der Waals surface area contributed by atoms with Crippen molar-refractivity contribution in [3.63, 3.8) is 0 Å².